The van der Waals surface area contributed by atoms with Gasteiger partial charge in [-0.1, -0.05) is 144 Å². The summed E-state index contributed by atoms with van der Waals surface area (Å²) in [6.45, 7) is 3.14. The minimum atomic E-state index is -0.598. The molecule has 5 aromatic carbocycles. The van der Waals surface area contributed by atoms with Crippen LogP contribution in [0.5, 0.6) is 28.7 Å². The highest BCUT2D eigenvalue weighted by Gasteiger charge is 2.23. The van der Waals surface area contributed by atoms with E-state index in [1.54, 1.807) is 77.5 Å². The molecular weight excluding hydrogens is 781 g/mol. The zero-order valence-electron chi connectivity index (χ0n) is 33.9. The molecular formula is C46H52N6O7S. The Bertz CT molecular complexity index is 2340. The van der Waals surface area contributed by atoms with Crippen LogP contribution in [0.2, 0.25) is 0 Å². The number of phenols is 2. The molecule has 1 amide bonds. The van der Waals surface area contributed by atoms with Crippen LogP contribution in [0, 0.1) is 10.1 Å². The van der Waals surface area contributed by atoms with Crippen molar-refractivity contribution in [2.45, 2.75) is 101 Å². The number of aromatic nitrogens is 4. The summed E-state index contributed by atoms with van der Waals surface area (Å²) >= 11 is 1.31. The highest BCUT2D eigenvalue weighted by molar-refractivity contribution is 7.98. The predicted molar refractivity (Wildman–Crippen MR) is 234 cm³/mol. The van der Waals surface area contributed by atoms with E-state index in [9.17, 15) is 25.1 Å². The van der Waals surface area contributed by atoms with Gasteiger partial charge in [0, 0.05) is 22.6 Å². The van der Waals surface area contributed by atoms with Crippen LogP contribution in [-0.2, 0) is 12.3 Å². The third kappa shape index (κ3) is 12.2. The average molecular weight is 833 g/mol. The zero-order valence-corrected chi connectivity index (χ0v) is 34.7. The molecule has 0 fully saturated rings. The summed E-state index contributed by atoms with van der Waals surface area (Å²) in [5.74, 6) is 0.278. The van der Waals surface area contributed by atoms with E-state index in [2.05, 4.69) is 27.8 Å². The molecule has 0 radical (unpaired) electrons. The van der Waals surface area contributed by atoms with Gasteiger partial charge >= 0.3 is 5.69 Å². The lowest BCUT2D eigenvalue weighted by atomic mass is 10.0. The Morgan fingerprint density at radius 3 is 2.13 bits per heavy atom. The summed E-state index contributed by atoms with van der Waals surface area (Å²) < 4.78 is 13.9. The number of aromatic hydroxyl groups is 2. The van der Waals surface area contributed by atoms with Crippen molar-refractivity contribution in [3.8, 4) is 28.7 Å². The number of rotatable bonds is 24. The Kier molecular flexibility index (Phi) is 16.1. The SMILES string of the molecule is CCCCCCCCCCCCCCOc1ccccc1NC(=O)c1cc(Oc2ccc(CSc3nnnn3Cc3ccc(O)cc3)cc2[N+](=O)[O-])c2ccccc2c1O. The monoisotopic (exact) mass is 832 g/mol. The maximum atomic E-state index is 13.8. The minimum absolute atomic E-state index is 0.0373. The number of thioether (sulfide) groups is 1. The molecule has 0 saturated carbocycles. The highest BCUT2D eigenvalue weighted by Crippen LogP contribution is 2.41. The summed E-state index contributed by atoms with van der Waals surface area (Å²) in [6.07, 6.45) is 15.0. The van der Waals surface area contributed by atoms with E-state index < -0.39 is 10.8 Å². The second kappa shape index (κ2) is 22.3. The lowest BCUT2D eigenvalue weighted by Gasteiger charge is -2.16. The van der Waals surface area contributed by atoms with Gasteiger partial charge in [0.15, 0.2) is 0 Å². The molecule has 314 valence electrons. The molecule has 60 heavy (non-hydrogen) atoms. The van der Waals surface area contributed by atoms with Crippen LogP contribution >= 0.6 is 11.8 Å². The number of nitro benzene ring substituents is 1. The van der Waals surface area contributed by atoms with Crippen LogP contribution in [0.1, 0.15) is 105 Å². The van der Waals surface area contributed by atoms with Crippen molar-refractivity contribution < 1.29 is 29.4 Å². The summed E-state index contributed by atoms with van der Waals surface area (Å²) in [6, 6.07) is 26.8. The Labute approximate surface area is 354 Å². The minimum Gasteiger partial charge on any atom is -0.508 e. The standard InChI is InChI=1S/C46H52N6O7S/c1-2-3-4-5-6-7-8-9-10-11-12-17-28-58-41-21-16-15-20-39(41)47-45(55)38-30-43(36-18-13-14-19-37(36)44(38)54)59-42-27-24-34(29-40(42)52(56)57)32-60-46-48-49-50-51(46)31-33-22-25-35(53)26-23-33/h13-16,18-27,29-30,53-54H,2-12,17,28,31-32H2,1H3,(H,47,55). The molecule has 1 aromatic heterocycles. The fraction of sp³-hybridized carbons (Fsp3) is 0.348. The number of unbranched alkanes of at least 4 members (excludes halogenated alkanes) is 11. The van der Waals surface area contributed by atoms with Gasteiger partial charge in [-0.25, -0.2) is 4.68 Å². The molecule has 0 aliphatic rings. The second-order valence-electron chi connectivity index (χ2n) is 14.7. The molecule has 6 aromatic rings. The second-order valence-corrected chi connectivity index (χ2v) is 15.7. The van der Waals surface area contributed by atoms with Crippen molar-refractivity contribution in [3.05, 3.63) is 124 Å². The first kappa shape index (κ1) is 43.4. The third-order valence-corrected chi connectivity index (χ3v) is 11.2. The van der Waals surface area contributed by atoms with Crippen molar-refractivity contribution in [3.63, 3.8) is 0 Å². The Morgan fingerprint density at radius 2 is 1.42 bits per heavy atom. The lowest BCUT2D eigenvalue weighted by Crippen LogP contribution is -2.14. The fourth-order valence-corrected chi connectivity index (χ4v) is 7.74. The molecule has 0 atom stereocenters. The van der Waals surface area contributed by atoms with Gasteiger partial charge in [-0.15, -0.1) is 5.10 Å². The van der Waals surface area contributed by atoms with Crippen LogP contribution in [0.15, 0.2) is 102 Å². The number of para-hydroxylation sites is 2. The molecule has 6 rings (SSSR count). The summed E-state index contributed by atoms with van der Waals surface area (Å²) in [5.41, 5.74) is 1.63. The van der Waals surface area contributed by atoms with Crippen molar-refractivity contribution in [2.75, 3.05) is 11.9 Å². The van der Waals surface area contributed by atoms with Crippen molar-refractivity contribution in [2.24, 2.45) is 0 Å². The predicted octanol–water partition coefficient (Wildman–Crippen LogP) is 11.6. The molecule has 0 spiro atoms. The molecule has 0 bridgehead atoms. The number of hydrogen-bond acceptors (Lipinski definition) is 11. The first-order valence-electron chi connectivity index (χ1n) is 20.7. The van der Waals surface area contributed by atoms with E-state index in [-0.39, 0.29) is 34.2 Å². The van der Waals surface area contributed by atoms with Crippen LogP contribution in [0.3, 0.4) is 0 Å². The topological polar surface area (TPSA) is 175 Å². The van der Waals surface area contributed by atoms with E-state index in [1.807, 2.05) is 6.07 Å². The van der Waals surface area contributed by atoms with Gasteiger partial charge in [0.1, 0.15) is 23.0 Å². The number of benzene rings is 5. The number of tetrazole rings is 1. The van der Waals surface area contributed by atoms with E-state index >= 15 is 0 Å². The van der Waals surface area contributed by atoms with E-state index in [0.29, 0.717) is 51.8 Å². The number of ether oxygens (including phenoxy) is 2. The van der Waals surface area contributed by atoms with Gasteiger partial charge in [0.25, 0.3) is 5.91 Å². The zero-order chi connectivity index (χ0) is 42.1. The van der Waals surface area contributed by atoms with E-state index in [1.165, 1.54) is 94.2 Å². The van der Waals surface area contributed by atoms with E-state index in [4.69, 9.17) is 9.47 Å². The normalized spacial score (nSPS) is 11.2. The number of carbonyl (C=O) groups is 1. The number of hydrogen-bond donors (Lipinski definition) is 3. The maximum Gasteiger partial charge on any atom is 0.311 e. The van der Waals surface area contributed by atoms with Crippen LogP contribution in [0.4, 0.5) is 11.4 Å². The first-order valence-corrected chi connectivity index (χ1v) is 21.7. The third-order valence-electron chi connectivity index (χ3n) is 10.2. The van der Waals surface area contributed by atoms with Gasteiger partial charge < -0.3 is 25.0 Å². The van der Waals surface area contributed by atoms with E-state index in [0.717, 1.165) is 18.4 Å². The fourth-order valence-electron chi connectivity index (χ4n) is 6.92. The Morgan fingerprint density at radius 1 is 0.767 bits per heavy atom. The van der Waals surface area contributed by atoms with Crippen LogP contribution < -0.4 is 14.8 Å². The smallest absolute Gasteiger partial charge is 0.311 e. The number of nitrogens with zero attached hydrogens (tertiary/aromatic N) is 5. The summed E-state index contributed by atoms with van der Waals surface area (Å²) in [7, 11) is 0. The number of nitrogens with one attached hydrogen (secondary N) is 1. The number of carbonyl (C=O) groups excluding carboxylic acids is 1. The largest absolute Gasteiger partial charge is 0.508 e. The number of anilines is 1. The molecule has 0 saturated heterocycles. The van der Waals surface area contributed by atoms with Gasteiger partial charge in [0.05, 0.1) is 29.3 Å². The van der Waals surface area contributed by atoms with Gasteiger partial charge in [-0.05, 0) is 64.4 Å². The molecule has 0 unspecified atom stereocenters. The Hall–Kier alpha value is -6.15. The Balaban J connectivity index is 1.09. The molecule has 0 aliphatic carbocycles. The molecule has 1 heterocycles. The quantitative estimate of drug-likeness (QED) is 0.0229. The van der Waals surface area contributed by atoms with Crippen LogP contribution in [-0.4, -0.2) is 47.9 Å². The van der Waals surface area contributed by atoms with Crippen molar-refractivity contribution in [1.82, 2.24) is 20.2 Å². The van der Waals surface area contributed by atoms with Crippen molar-refractivity contribution >= 4 is 39.8 Å². The number of nitro groups is 1. The number of phenolic OH excluding ortho intramolecular Hbond substituents is 2. The molecule has 0 aliphatic heterocycles. The van der Waals surface area contributed by atoms with Crippen LogP contribution in [0.25, 0.3) is 10.8 Å². The number of fused-ring (bicyclic) bond motifs is 1. The van der Waals surface area contributed by atoms with Gasteiger partial charge in [-0.2, -0.15) is 0 Å². The van der Waals surface area contributed by atoms with Gasteiger partial charge in [-0.3, -0.25) is 14.9 Å². The molecule has 14 heteroatoms. The van der Waals surface area contributed by atoms with Gasteiger partial charge in [0.2, 0.25) is 10.9 Å². The van der Waals surface area contributed by atoms with Crippen molar-refractivity contribution in [1.29, 1.82) is 0 Å². The average Bonchev–Trinajstić information content (AvgIpc) is 3.70. The molecule has 13 nitrogen and oxygen atoms in total. The maximum absolute atomic E-state index is 13.8. The first-order chi connectivity index (χ1) is 29.3. The number of amides is 1. The lowest BCUT2D eigenvalue weighted by molar-refractivity contribution is -0.385. The summed E-state index contributed by atoms with van der Waals surface area (Å²) in [5, 5.41) is 49.5. The molecule has 3 N–H and O–H groups in total. The highest BCUT2D eigenvalue weighted by atomic mass is 32.2. The summed E-state index contributed by atoms with van der Waals surface area (Å²) in [4.78, 5) is 25.7.